The molecule has 0 radical (unpaired) electrons. The Morgan fingerprint density at radius 2 is 1.33 bits per heavy atom. The number of rotatable bonds is 9. The van der Waals surface area contributed by atoms with Crippen LogP contribution in [0, 0.1) is 0 Å². The Balaban J connectivity index is 1.07. The average Bonchev–Trinajstić information content (AvgIpc) is 3.77. The van der Waals surface area contributed by atoms with Crippen molar-refractivity contribution in [1.82, 2.24) is 10.6 Å². The predicted molar refractivity (Wildman–Crippen MR) is 250 cm³/mol. The van der Waals surface area contributed by atoms with E-state index in [0.717, 1.165) is 74.9 Å². The SMILES string of the molecule is CNC(Oc1ccccc1)c1ccc(C2NC(C3=CC=C(C4Nc5ccccc5O4)CC3)=Nc3c(-c4cccc5ccccc45)cc(-c4cccc5ccccc45)cc32)cc1. The highest BCUT2D eigenvalue weighted by Gasteiger charge is 2.31. The van der Waals surface area contributed by atoms with Crippen LogP contribution in [-0.2, 0) is 0 Å². The Bertz CT molecular complexity index is 3010. The van der Waals surface area contributed by atoms with Gasteiger partial charge < -0.3 is 20.1 Å². The molecule has 3 aliphatic rings. The molecule has 8 aromatic carbocycles. The van der Waals surface area contributed by atoms with Gasteiger partial charge in [-0.3, -0.25) is 5.32 Å². The molecule has 3 N–H and O–H groups in total. The Morgan fingerprint density at radius 3 is 2.07 bits per heavy atom. The molecule has 0 aromatic heterocycles. The van der Waals surface area contributed by atoms with Gasteiger partial charge >= 0.3 is 0 Å². The molecule has 6 nitrogen and oxygen atoms in total. The van der Waals surface area contributed by atoms with Gasteiger partial charge in [-0.1, -0.05) is 152 Å². The van der Waals surface area contributed by atoms with Gasteiger partial charge in [-0.05, 0) is 111 Å². The van der Waals surface area contributed by atoms with E-state index in [1.54, 1.807) is 0 Å². The smallest absolute Gasteiger partial charge is 0.192 e. The molecule has 2 aliphatic heterocycles. The number of para-hydroxylation sites is 3. The van der Waals surface area contributed by atoms with Crippen molar-refractivity contribution < 1.29 is 9.47 Å². The fraction of sp³-hybridized carbons (Fsp3) is 0.109. The summed E-state index contributed by atoms with van der Waals surface area (Å²) < 4.78 is 12.7. The molecule has 1 aliphatic carbocycles. The monoisotopic (exact) mass is 792 g/mol. The summed E-state index contributed by atoms with van der Waals surface area (Å²) in [5, 5.41) is 15.7. The van der Waals surface area contributed by atoms with Crippen LogP contribution in [0.4, 0.5) is 11.4 Å². The Kier molecular flexibility index (Phi) is 9.40. The Hall–Kier alpha value is -7.41. The minimum Gasteiger partial charge on any atom is -0.471 e. The standard InChI is InChI=1S/C55H44N4O2/c1-56-54(60-42-17-3-2-4-18-42)39-29-25-37(26-30-39)51-48-34-41(45-21-11-15-35-13-5-7-19-43(35)45)33-47(46-22-12-16-36-14-6-8-20-44(36)46)52(48)59-53(58-51)38-27-31-40(32-28-38)55-57-49-23-9-10-24-50(49)61-55/h2-27,29-31,33-34,51,54-57H,28,32H2,1H3,(H,58,59). The molecule has 3 atom stereocenters. The maximum atomic E-state index is 6.38. The zero-order chi connectivity index (χ0) is 40.7. The topological polar surface area (TPSA) is 66.9 Å². The van der Waals surface area contributed by atoms with Crippen LogP contribution in [0.2, 0.25) is 0 Å². The fourth-order valence-corrected chi connectivity index (χ4v) is 9.10. The van der Waals surface area contributed by atoms with E-state index >= 15 is 0 Å². The summed E-state index contributed by atoms with van der Waals surface area (Å²) in [5.41, 5.74) is 12.3. The van der Waals surface area contributed by atoms with Gasteiger partial charge in [-0.25, -0.2) is 4.99 Å². The summed E-state index contributed by atoms with van der Waals surface area (Å²) in [6, 6.07) is 62.0. The van der Waals surface area contributed by atoms with Crippen molar-refractivity contribution in [3.63, 3.8) is 0 Å². The summed E-state index contributed by atoms with van der Waals surface area (Å²) in [7, 11) is 1.93. The first-order valence-electron chi connectivity index (χ1n) is 21.1. The molecular formula is C55H44N4O2. The fourth-order valence-electron chi connectivity index (χ4n) is 9.10. The van der Waals surface area contributed by atoms with Crippen LogP contribution in [-0.4, -0.2) is 19.1 Å². The zero-order valence-electron chi connectivity index (χ0n) is 33.8. The molecule has 296 valence electrons. The number of hydrogen-bond donors (Lipinski definition) is 3. The van der Waals surface area contributed by atoms with E-state index in [1.807, 2.05) is 55.6 Å². The molecule has 6 heteroatoms. The third kappa shape index (κ3) is 6.91. The number of aliphatic imine (C=N–C) groups is 1. The van der Waals surface area contributed by atoms with Crippen molar-refractivity contribution in [3.05, 3.63) is 216 Å². The van der Waals surface area contributed by atoms with Gasteiger partial charge in [0.2, 0.25) is 0 Å². The van der Waals surface area contributed by atoms with Crippen LogP contribution in [0.1, 0.15) is 41.8 Å². The van der Waals surface area contributed by atoms with Crippen molar-refractivity contribution in [3.8, 4) is 33.8 Å². The molecule has 0 fully saturated rings. The number of ether oxygens (including phenoxy) is 2. The molecule has 2 heterocycles. The summed E-state index contributed by atoms with van der Waals surface area (Å²) in [6.45, 7) is 0. The highest BCUT2D eigenvalue weighted by Crippen LogP contribution is 2.47. The Labute approximate surface area is 355 Å². The van der Waals surface area contributed by atoms with Crippen molar-refractivity contribution >= 4 is 38.8 Å². The van der Waals surface area contributed by atoms with Crippen molar-refractivity contribution in [2.45, 2.75) is 31.3 Å². The largest absolute Gasteiger partial charge is 0.471 e. The molecule has 0 saturated heterocycles. The van der Waals surface area contributed by atoms with Crippen LogP contribution in [0.15, 0.2) is 204 Å². The van der Waals surface area contributed by atoms with Gasteiger partial charge in [0.15, 0.2) is 12.5 Å². The number of fused-ring (bicyclic) bond motifs is 4. The minimum absolute atomic E-state index is 0.179. The number of hydrogen-bond acceptors (Lipinski definition) is 6. The zero-order valence-corrected chi connectivity index (χ0v) is 33.8. The first kappa shape index (κ1) is 36.7. The summed E-state index contributed by atoms with van der Waals surface area (Å²) in [5.74, 6) is 2.60. The van der Waals surface area contributed by atoms with Gasteiger partial charge in [0.25, 0.3) is 0 Å². The highest BCUT2D eigenvalue weighted by atomic mass is 16.5. The average molecular weight is 793 g/mol. The van der Waals surface area contributed by atoms with E-state index in [1.165, 1.54) is 38.3 Å². The predicted octanol–water partition coefficient (Wildman–Crippen LogP) is 12.8. The lowest BCUT2D eigenvalue weighted by Crippen LogP contribution is -2.34. The Morgan fingerprint density at radius 1 is 0.639 bits per heavy atom. The molecule has 0 saturated carbocycles. The van der Waals surface area contributed by atoms with Crippen LogP contribution in [0.25, 0.3) is 43.8 Å². The summed E-state index contributed by atoms with van der Waals surface area (Å²) in [6.07, 6.45) is 5.63. The molecule has 8 aromatic rings. The lowest BCUT2D eigenvalue weighted by Gasteiger charge is -2.32. The lowest BCUT2D eigenvalue weighted by atomic mass is 9.85. The number of allylic oxidation sites excluding steroid dienone is 2. The molecule has 61 heavy (non-hydrogen) atoms. The van der Waals surface area contributed by atoms with Gasteiger partial charge in [0.05, 0.1) is 17.4 Å². The first-order valence-corrected chi connectivity index (χ1v) is 21.1. The number of amidine groups is 1. The maximum absolute atomic E-state index is 6.38. The van der Waals surface area contributed by atoms with E-state index in [9.17, 15) is 0 Å². The normalized spacial score (nSPS) is 17.2. The van der Waals surface area contributed by atoms with E-state index in [4.69, 9.17) is 14.5 Å². The highest BCUT2D eigenvalue weighted by molar-refractivity contribution is 6.07. The minimum atomic E-state index is -0.310. The van der Waals surface area contributed by atoms with Crippen LogP contribution >= 0.6 is 0 Å². The molecule has 0 spiro atoms. The van der Waals surface area contributed by atoms with Gasteiger partial charge in [-0.15, -0.1) is 0 Å². The van der Waals surface area contributed by atoms with Crippen LogP contribution in [0.3, 0.4) is 0 Å². The summed E-state index contributed by atoms with van der Waals surface area (Å²) >= 11 is 0. The van der Waals surface area contributed by atoms with Gasteiger partial charge in [-0.2, -0.15) is 0 Å². The third-order valence-corrected chi connectivity index (χ3v) is 12.2. The second-order valence-corrected chi connectivity index (χ2v) is 15.9. The number of nitrogens with zero attached hydrogens (tertiary/aromatic N) is 1. The maximum Gasteiger partial charge on any atom is 0.192 e. The van der Waals surface area contributed by atoms with E-state index in [-0.39, 0.29) is 18.5 Å². The lowest BCUT2D eigenvalue weighted by molar-refractivity contribution is 0.177. The van der Waals surface area contributed by atoms with Crippen molar-refractivity contribution in [2.75, 3.05) is 12.4 Å². The molecule has 11 rings (SSSR count). The first-order chi connectivity index (χ1) is 30.2. The van der Waals surface area contributed by atoms with E-state index < -0.39 is 0 Å². The van der Waals surface area contributed by atoms with E-state index in [2.05, 4.69) is 155 Å². The van der Waals surface area contributed by atoms with E-state index in [0.29, 0.717) is 0 Å². The van der Waals surface area contributed by atoms with Crippen molar-refractivity contribution in [2.24, 2.45) is 4.99 Å². The second-order valence-electron chi connectivity index (χ2n) is 15.9. The molecule has 0 bridgehead atoms. The quantitative estimate of drug-likeness (QED) is 0.127. The third-order valence-electron chi connectivity index (χ3n) is 12.2. The van der Waals surface area contributed by atoms with Gasteiger partial charge in [0.1, 0.15) is 17.3 Å². The molecule has 0 amide bonds. The summed E-state index contributed by atoms with van der Waals surface area (Å²) in [4.78, 5) is 5.62. The van der Waals surface area contributed by atoms with Gasteiger partial charge in [0, 0.05) is 16.7 Å². The number of benzene rings is 8. The molecule has 3 unspecified atom stereocenters. The number of anilines is 1. The molecular weight excluding hydrogens is 749 g/mol. The second kappa shape index (κ2) is 15.6. The van der Waals surface area contributed by atoms with Crippen LogP contribution < -0.4 is 25.4 Å². The van der Waals surface area contributed by atoms with Crippen molar-refractivity contribution in [1.29, 1.82) is 0 Å². The number of nitrogens with one attached hydrogen (secondary N) is 3. The van der Waals surface area contributed by atoms with Crippen LogP contribution in [0.5, 0.6) is 11.5 Å².